The van der Waals surface area contributed by atoms with Gasteiger partial charge in [0.1, 0.15) is 24.8 Å². The van der Waals surface area contributed by atoms with Crippen LogP contribution in [0.2, 0.25) is 0 Å². The molecule has 0 N–H and O–H groups in total. The minimum atomic E-state index is -0.481. The van der Waals surface area contributed by atoms with Gasteiger partial charge in [-0.25, -0.2) is 14.5 Å². The summed E-state index contributed by atoms with van der Waals surface area (Å²) in [6.07, 6.45) is 4.18. The van der Waals surface area contributed by atoms with Gasteiger partial charge in [-0.1, -0.05) is 12.1 Å². The Morgan fingerprint density at radius 3 is 2.91 bits per heavy atom. The molecule has 4 rings (SSSR count). The van der Waals surface area contributed by atoms with E-state index in [9.17, 15) is 10.1 Å². The molecule has 0 bridgehead atoms. The van der Waals surface area contributed by atoms with Gasteiger partial charge < -0.3 is 0 Å². The van der Waals surface area contributed by atoms with Gasteiger partial charge in [0.15, 0.2) is 11.5 Å². The van der Waals surface area contributed by atoms with E-state index in [2.05, 4.69) is 20.2 Å². The Balaban J connectivity index is 1.81. The Morgan fingerprint density at radius 2 is 2.13 bits per heavy atom. The summed E-state index contributed by atoms with van der Waals surface area (Å²) in [6.45, 7) is 1.83. The normalized spacial score (nSPS) is 12.7. The molecular weight excluding hydrogens is 298 g/mol. The number of rotatable bonds is 3. The molecule has 114 valence electrons. The minimum Gasteiger partial charge on any atom is -0.258 e. The lowest BCUT2D eigenvalue weighted by Gasteiger charge is -2.05. The van der Waals surface area contributed by atoms with Crippen LogP contribution in [0.25, 0.3) is 16.6 Å². The van der Waals surface area contributed by atoms with Crippen LogP contribution < -0.4 is 0 Å². The van der Waals surface area contributed by atoms with Crippen LogP contribution in [-0.2, 0) is 0 Å². The van der Waals surface area contributed by atoms with E-state index < -0.39 is 4.92 Å². The molecule has 0 aliphatic heterocycles. The van der Waals surface area contributed by atoms with Gasteiger partial charge in [-0.3, -0.25) is 14.8 Å². The molecule has 1 aromatic carbocycles. The largest absolute Gasteiger partial charge is 0.307 e. The van der Waals surface area contributed by atoms with Gasteiger partial charge in [-0.15, -0.1) is 5.10 Å². The van der Waals surface area contributed by atoms with E-state index in [4.69, 9.17) is 0 Å². The summed E-state index contributed by atoms with van der Waals surface area (Å²) in [4.78, 5) is 19.2. The van der Waals surface area contributed by atoms with Crippen molar-refractivity contribution >= 4 is 22.2 Å². The second-order valence-corrected chi connectivity index (χ2v) is 5.11. The van der Waals surface area contributed by atoms with Crippen molar-refractivity contribution < 1.29 is 4.92 Å². The van der Waals surface area contributed by atoms with Gasteiger partial charge >= 0.3 is 5.69 Å². The predicted octanol–water partition coefficient (Wildman–Crippen LogP) is 1.99. The van der Waals surface area contributed by atoms with E-state index in [0.29, 0.717) is 11.5 Å². The van der Waals surface area contributed by atoms with E-state index in [1.54, 1.807) is 10.8 Å². The third-order valence-electron chi connectivity index (χ3n) is 3.67. The van der Waals surface area contributed by atoms with E-state index in [-0.39, 0.29) is 11.7 Å². The molecule has 3 aromatic heterocycles. The van der Waals surface area contributed by atoms with E-state index in [1.807, 2.05) is 31.2 Å². The zero-order valence-electron chi connectivity index (χ0n) is 12.1. The molecule has 0 aliphatic carbocycles. The molecule has 9 nitrogen and oxygen atoms in total. The van der Waals surface area contributed by atoms with Gasteiger partial charge in [0.25, 0.3) is 0 Å². The van der Waals surface area contributed by atoms with Crippen molar-refractivity contribution in [2.24, 2.45) is 0 Å². The predicted molar refractivity (Wildman–Crippen MR) is 81.0 cm³/mol. The molecule has 1 atom stereocenters. The van der Waals surface area contributed by atoms with Crippen LogP contribution in [0.4, 0.5) is 5.69 Å². The monoisotopic (exact) mass is 309 g/mol. The van der Waals surface area contributed by atoms with Crippen LogP contribution >= 0.6 is 0 Å². The molecule has 0 spiro atoms. The quantitative estimate of drug-likeness (QED) is 0.423. The molecule has 0 saturated carbocycles. The second kappa shape index (κ2) is 4.83. The first kappa shape index (κ1) is 13.3. The fourth-order valence-corrected chi connectivity index (χ4v) is 2.43. The van der Waals surface area contributed by atoms with Crippen LogP contribution in [0.1, 0.15) is 18.8 Å². The SMILES string of the molecule is C[C@@H](c1nc2c3ccccc3ncn2n1)n1cc([N+](=O)[O-])cn1. The fourth-order valence-electron chi connectivity index (χ4n) is 2.43. The smallest absolute Gasteiger partial charge is 0.258 e. The molecule has 23 heavy (non-hydrogen) atoms. The number of hydrogen-bond acceptors (Lipinski definition) is 6. The molecule has 0 amide bonds. The van der Waals surface area contributed by atoms with Crippen LogP contribution in [-0.4, -0.2) is 34.3 Å². The molecule has 9 heteroatoms. The van der Waals surface area contributed by atoms with Crippen LogP contribution in [0.15, 0.2) is 43.0 Å². The minimum absolute atomic E-state index is 0.0623. The number of hydrogen-bond donors (Lipinski definition) is 0. The third-order valence-corrected chi connectivity index (χ3v) is 3.67. The highest BCUT2D eigenvalue weighted by Crippen LogP contribution is 2.21. The molecule has 3 heterocycles. The Kier molecular flexibility index (Phi) is 2.80. The maximum Gasteiger partial charge on any atom is 0.307 e. The summed E-state index contributed by atoms with van der Waals surface area (Å²) in [6, 6.07) is 7.33. The highest BCUT2D eigenvalue weighted by atomic mass is 16.6. The molecule has 0 radical (unpaired) electrons. The van der Waals surface area contributed by atoms with E-state index in [0.717, 1.165) is 10.9 Å². The number of benzene rings is 1. The summed E-state index contributed by atoms with van der Waals surface area (Å²) in [5.74, 6) is 0.515. The first-order chi connectivity index (χ1) is 11.1. The molecular formula is C14H11N7O2. The van der Waals surface area contributed by atoms with Gasteiger partial charge in [0, 0.05) is 5.39 Å². The van der Waals surface area contributed by atoms with E-state index >= 15 is 0 Å². The number of fused-ring (bicyclic) bond motifs is 3. The van der Waals surface area contributed by atoms with E-state index in [1.165, 1.54) is 17.1 Å². The first-order valence-electron chi connectivity index (χ1n) is 6.92. The summed E-state index contributed by atoms with van der Waals surface area (Å²) in [5.41, 5.74) is 1.47. The lowest BCUT2D eigenvalue weighted by molar-refractivity contribution is -0.385. The van der Waals surface area contributed by atoms with Crippen LogP contribution in [0.5, 0.6) is 0 Å². The maximum atomic E-state index is 10.8. The summed E-state index contributed by atoms with van der Waals surface area (Å²) < 4.78 is 3.08. The fraction of sp³-hybridized carbons (Fsp3) is 0.143. The Morgan fingerprint density at radius 1 is 1.30 bits per heavy atom. The van der Waals surface area contributed by atoms with Gasteiger partial charge in [0.05, 0.1) is 10.4 Å². The van der Waals surface area contributed by atoms with Gasteiger partial charge in [-0.2, -0.15) is 5.10 Å². The van der Waals surface area contributed by atoms with Crippen molar-refractivity contribution in [2.45, 2.75) is 13.0 Å². The highest BCUT2D eigenvalue weighted by molar-refractivity contribution is 5.90. The number of nitrogens with zero attached hydrogens (tertiary/aromatic N) is 7. The number of nitro groups is 1. The first-order valence-corrected chi connectivity index (χ1v) is 6.92. The van der Waals surface area contributed by atoms with Crippen molar-refractivity contribution in [3.8, 4) is 0 Å². The maximum absolute atomic E-state index is 10.8. The standard InChI is InChI=1S/C14H11N7O2/c1-9(19-7-10(6-16-19)21(22)23)13-17-14-11-4-2-3-5-12(11)15-8-20(14)18-13/h2-9H,1H3/t9-/m0/s1. The Labute approximate surface area is 129 Å². The van der Waals surface area contributed by atoms with Crippen molar-refractivity contribution in [3.63, 3.8) is 0 Å². The van der Waals surface area contributed by atoms with Crippen molar-refractivity contribution in [1.29, 1.82) is 0 Å². The lowest BCUT2D eigenvalue weighted by Crippen LogP contribution is -2.09. The Bertz CT molecular complexity index is 1040. The van der Waals surface area contributed by atoms with Gasteiger partial charge in [0.2, 0.25) is 0 Å². The Hall–Kier alpha value is -3.36. The van der Waals surface area contributed by atoms with Gasteiger partial charge in [-0.05, 0) is 19.1 Å². The topological polar surface area (TPSA) is 104 Å². The number of para-hydroxylation sites is 1. The average molecular weight is 309 g/mol. The molecule has 0 saturated heterocycles. The zero-order chi connectivity index (χ0) is 16.0. The second-order valence-electron chi connectivity index (χ2n) is 5.11. The van der Waals surface area contributed by atoms with Crippen molar-refractivity contribution in [2.75, 3.05) is 0 Å². The molecule has 0 fully saturated rings. The summed E-state index contributed by atoms with van der Waals surface area (Å²) in [7, 11) is 0. The van der Waals surface area contributed by atoms with Crippen molar-refractivity contribution in [1.82, 2.24) is 29.4 Å². The lowest BCUT2D eigenvalue weighted by atomic mass is 10.2. The van der Waals surface area contributed by atoms with Crippen LogP contribution in [0, 0.1) is 10.1 Å². The zero-order valence-corrected chi connectivity index (χ0v) is 12.1. The third kappa shape index (κ3) is 2.09. The van der Waals surface area contributed by atoms with Crippen LogP contribution in [0.3, 0.4) is 0 Å². The highest BCUT2D eigenvalue weighted by Gasteiger charge is 2.19. The molecule has 0 aliphatic rings. The number of aromatic nitrogens is 6. The summed E-state index contributed by atoms with van der Waals surface area (Å²) in [5, 5.41) is 20.1. The summed E-state index contributed by atoms with van der Waals surface area (Å²) >= 11 is 0. The average Bonchev–Trinajstić information content (AvgIpc) is 3.21. The van der Waals surface area contributed by atoms with Crippen molar-refractivity contribution in [3.05, 3.63) is 58.9 Å². The molecule has 4 aromatic rings. The molecule has 0 unspecified atom stereocenters.